The van der Waals surface area contributed by atoms with E-state index >= 15 is 0 Å². The molecule has 0 bridgehead atoms. The van der Waals surface area contributed by atoms with Crippen LogP contribution in [0, 0.1) is 0 Å². The molecule has 1 saturated heterocycles. The van der Waals surface area contributed by atoms with E-state index in [0.717, 1.165) is 11.6 Å². The van der Waals surface area contributed by atoms with Crippen molar-refractivity contribution >= 4 is 5.97 Å². The number of methoxy groups -OCH3 is 1. The highest BCUT2D eigenvalue weighted by molar-refractivity contribution is 5.95. The summed E-state index contributed by atoms with van der Waals surface area (Å²) < 4.78 is 21.7. The molecule has 0 aromatic heterocycles. The summed E-state index contributed by atoms with van der Waals surface area (Å²) in [6.07, 6.45) is -7.90. The van der Waals surface area contributed by atoms with Gasteiger partial charge in [-0.2, -0.15) is 0 Å². The van der Waals surface area contributed by atoms with Crippen molar-refractivity contribution in [2.45, 2.75) is 43.2 Å². The molecule has 10 nitrogen and oxygen atoms in total. The minimum atomic E-state index is -1.67. The van der Waals surface area contributed by atoms with Crippen LogP contribution in [-0.2, 0) is 15.9 Å². The SMILES string of the molecule is COc1ccc(C2Cc3cc(O)cc(OC4OC(CO)C(O)C(O)C4O)c3C(=O)O2)cc1. The lowest BCUT2D eigenvalue weighted by atomic mass is 9.93. The number of phenols is 1. The predicted octanol–water partition coefficient (Wildman–Crippen LogP) is 0.0337. The molecule has 6 atom stereocenters. The van der Waals surface area contributed by atoms with Crippen molar-refractivity contribution in [3.05, 3.63) is 53.1 Å². The second kappa shape index (κ2) is 8.93. The van der Waals surface area contributed by atoms with Gasteiger partial charge in [-0.25, -0.2) is 4.79 Å². The molecule has 2 aromatic rings. The molecule has 0 aliphatic carbocycles. The number of aliphatic hydroxyl groups excluding tert-OH is 4. The van der Waals surface area contributed by atoms with E-state index in [1.54, 1.807) is 31.4 Å². The van der Waals surface area contributed by atoms with Gasteiger partial charge < -0.3 is 44.5 Å². The first-order valence-corrected chi connectivity index (χ1v) is 10.0. The Morgan fingerprint density at radius 1 is 1.06 bits per heavy atom. The predicted molar refractivity (Wildman–Crippen MR) is 107 cm³/mol. The van der Waals surface area contributed by atoms with E-state index in [1.807, 2.05) is 0 Å². The number of phenolic OH excluding ortho intramolecular Hbond substituents is 1. The summed E-state index contributed by atoms with van der Waals surface area (Å²) in [5.41, 5.74) is 1.25. The van der Waals surface area contributed by atoms with Gasteiger partial charge in [0.15, 0.2) is 0 Å². The molecular formula is C22H24O10. The van der Waals surface area contributed by atoms with Gasteiger partial charge in [0, 0.05) is 12.5 Å². The van der Waals surface area contributed by atoms with Crippen molar-refractivity contribution in [2.75, 3.05) is 13.7 Å². The van der Waals surface area contributed by atoms with E-state index in [1.165, 1.54) is 6.07 Å². The molecule has 4 rings (SSSR count). The van der Waals surface area contributed by atoms with Crippen LogP contribution in [0.1, 0.15) is 27.6 Å². The third-order valence-corrected chi connectivity index (χ3v) is 5.61. The van der Waals surface area contributed by atoms with Gasteiger partial charge >= 0.3 is 5.97 Å². The molecule has 2 aromatic carbocycles. The number of carbonyl (C=O) groups excluding carboxylic acids is 1. The molecular weight excluding hydrogens is 424 g/mol. The Labute approximate surface area is 183 Å². The summed E-state index contributed by atoms with van der Waals surface area (Å²) in [6.45, 7) is -0.630. The number of esters is 1. The molecule has 32 heavy (non-hydrogen) atoms. The molecule has 6 unspecified atom stereocenters. The maximum absolute atomic E-state index is 12.8. The van der Waals surface area contributed by atoms with Crippen molar-refractivity contribution in [3.63, 3.8) is 0 Å². The molecule has 172 valence electrons. The third-order valence-electron chi connectivity index (χ3n) is 5.61. The average Bonchev–Trinajstić information content (AvgIpc) is 2.78. The van der Waals surface area contributed by atoms with E-state index in [2.05, 4.69) is 0 Å². The summed E-state index contributed by atoms with van der Waals surface area (Å²) in [5.74, 6) is -0.357. The molecule has 0 radical (unpaired) electrons. The zero-order valence-electron chi connectivity index (χ0n) is 17.1. The number of cyclic esters (lactones) is 1. The van der Waals surface area contributed by atoms with Gasteiger partial charge in [0.25, 0.3) is 0 Å². The van der Waals surface area contributed by atoms with E-state index in [4.69, 9.17) is 18.9 Å². The number of carbonyl (C=O) groups is 1. The van der Waals surface area contributed by atoms with Gasteiger partial charge in [0.2, 0.25) is 6.29 Å². The molecule has 1 fully saturated rings. The van der Waals surface area contributed by atoms with E-state index < -0.39 is 49.4 Å². The second-order valence-electron chi connectivity index (χ2n) is 7.66. The Hall–Kier alpha value is -2.89. The number of hydrogen-bond acceptors (Lipinski definition) is 10. The minimum absolute atomic E-state index is 0.0459. The maximum Gasteiger partial charge on any atom is 0.342 e. The highest BCUT2D eigenvalue weighted by Gasteiger charge is 2.45. The molecule has 2 aliphatic rings. The summed E-state index contributed by atoms with van der Waals surface area (Å²) >= 11 is 0. The van der Waals surface area contributed by atoms with Crippen LogP contribution in [0.3, 0.4) is 0 Å². The van der Waals surface area contributed by atoms with Crippen LogP contribution in [0.5, 0.6) is 17.2 Å². The van der Waals surface area contributed by atoms with Crippen molar-refractivity contribution in [1.82, 2.24) is 0 Å². The Balaban J connectivity index is 1.61. The standard InChI is InChI=1S/C22H24O10/c1-29-13-4-2-10(3-5-13)14-7-11-6-12(24)8-15(17(11)21(28)30-14)31-22-20(27)19(26)18(25)16(9-23)32-22/h2-6,8,14,16,18-20,22-27H,7,9H2,1H3. The van der Waals surface area contributed by atoms with Crippen LogP contribution in [0.4, 0.5) is 0 Å². The maximum atomic E-state index is 12.8. The quantitative estimate of drug-likeness (QED) is 0.396. The van der Waals surface area contributed by atoms with Crippen molar-refractivity contribution in [3.8, 4) is 17.2 Å². The molecule has 2 aliphatic heterocycles. The fourth-order valence-corrected chi connectivity index (χ4v) is 3.87. The number of rotatable bonds is 5. The largest absolute Gasteiger partial charge is 0.508 e. The highest BCUT2D eigenvalue weighted by Crippen LogP contribution is 2.39. The Morgan fingerprint density at radius 2 is 1.78 bits per heavy atom. The molecule has 5 N–H and O–H groups in total. The number of aromatic hydroxyl groups is 1. The number of aliphatic hydroxyl groups is 4. The number of fused-ring (bicyclic) bond motifs is 1. The average molecular weight is 448 g/mol. The lowest BCUT2D eigenvalue weighted by Gasteiger charge is -2.40. The van der Waals surface area contributed by atoms with Gasteiger partial charge in [-0.15, -0.1) is 0 Å². The van der Waals surface area contributed by atoms with Crippen molar-refractivity contribution < 1.29 is 49.3 Å². The lowest BCUT2D eigenvalue weighted by molar-refractivity contribution is -0.277. The van der Waals surface area contributed by atoms with Gasteiger partial charge in [-0.3, -0.25) is 0 Å². The Kier molecular flexibility index (Phi) is 6.22. The van der Waals surface area contributed by atoms with Crippen LogP contribution in [0.25, 0.3) is 0 Å². The van der Waals surface area contributed by atoms with E-state index in [9.17, 15) is 30.3 Å². The zero-order chi connectivity index (χ0) is 23.0. The lowest BCUT2D eigenvalue weighted by Crippen LogP contribution is -2.60. The summed E-state index contributed by atoms with van der Waals surface area (Å²) in [5, 5.41) is 49.6. The van der Waals surface area contributed by atoms with Gasteiger partial charge in [-0.1, -0.05) is 12.1 Å². The summed E-state index contributed by atoms with van der Waals surface area (Å²) in [7, 11) is 1.55. The van der Waals surface area contributed by atoms with Crippen LogP contribution in [0.2, 0.25) is 0 Å². The van der Waals surface area contributed by atoms with Gasteiger partial charge in [0.1, 0.15) is 53.3 Å². The summed E-state index contributed by atoms with van der Waals surface area (Å²) in [6, 6.07) is 9.62. The normalized spacial score (nSPS) is 29.7. The first-order chi connectivity index (χ1) is 15.3. The zero-order valence-corrected chi connectivity index (χ0v) is 17.1. The highest BCUT2D eigenvalue weighted by atomic mass is 16.7. The summed E-state index contributed by atoms with van der Waals surface area (Å²) in [4.78, 5) is 12.8. The molecule has 0 spiro atoms. The van der Waals surface area contributed by atoms with Crippen molar-refractivity contribution in [2.24, 2.45) is 0 Å². The van der Waals surface area contributed by atoms with Crippen molar-refractivity contribution in [1.29, 1.82) is 0 Å². The number of benzene rings is 2. The van der Waals surface area contributed by atoms with Gasteiger partial charge in [0.05, 0.1) is 13.7 Å². The molecule has 2 heterocycles. The number of hydrogen-bond donors (Lipinski definition) is 5. The van der Waals surface area contributed by atoms with Crippen LogP contribution in [0.15, 0.2) is 36.4 Å². The third kappa shape index (κ3) is 4.10. The smallest absolute Gasteiger partial charge is 0.342 e. The van der Waals surface area contributed by atoms with Crippen LogP contribution < -0.4 is 9.47 Å². The fourth-order valence-electron chi connectivity index (χ4n) is 3.87. The van der Waals surface area contributed by atoms with E-state index in [0.29, 0.717) is 11.3 Å². The molecule has 0 saturated carbocycles. The molecule has 0 amide bonds. The second-order valence-corrected chi connectivity index (χ2v) is 7.66. The first-order valence-electron chi connectivity index (χ1n) is 10.0. The van der Waals surface area contributed by atoms with Gasteiger partial charge in [-0.05, 0) is 29.3 Å². The van der Waals surface area contributed by atoms with Crippen LogP contribution in [-0.4, -0.2) is 75.9 Å². The first kappa shape index (κ1) is 22.3. The number of ether oxygens (including phenoxy) is 4. The Morgan fingerprint density at radius 3 is 2.44 bits per heavy atom. The van der Waals surface area contributed by atoms with E-state index in [-0.39, 0.29) is 23.5 Å². The topological polar surface area (TPSA) is 155 Å². The fraction of sp³-hybridized carbons (Fsp3) is 0.409. The monoisotopic (exact) mass is 448 g/mol. The minimum Gasteiger partial charge on any atom is -0.508 e. The molecule has 10 heteroatoms. The Bertz CT molecular complexity index is 973. The van der Waals surface area contributed by atoms with Crippen LogP contribution >= 0.6 is 0 Å².